The van der Waals surface area contributed by atoms with Crippen molar-refractivity contribution in [3.05, 3.63) is 23.2 Å². The number of benzene rings is 1. The van der Waals surface area contributed by atoms with E-state index in [1.54, 1.807) is 6.07 Å². The molecule has 1 aliphatic rings. The van der Waals surface area contributed by atoms with Crippen LogP contribution < -0.4 is 4.90 Å². The van der Waals surface area contributed by atoms with Crippen LogP contribution in [-0.2, 0) is 9.59 Å². The molecule has 6 heteroatoms. The summed E-state index contributed by atoms with van der Waals surface area (Å²) in [6.07, 6.45) is -0.0694. The monoisotopic (exact) mass is 255 g/mol. The van der Waals surface area contributed by atoms with Gasteiger partial charge in [0, 0.05) is 13.0 Å². The molecular formula is C11H10ClNO4. The van der Waals surface area contributed by atoms with E-state index >= 15 is 0 Å². The second-order valence-electron chi connectivity index (χ2n) is 3.85. The molecule has 1 aliphatic heterocycles. The highest BCUT2D eigenvalue weighted by Crippen LogP contribution is 2.38. The summed E-state index contributed by atoms with van der Waals surface area (Å²) in [5.41, 5.74) is 0.183. The predicted molar refractivity (Wildman–Crippen MR) is 61.2 cm³/mol. The Hall–Kier alpha value is -1.75. The molecule has 2 N–H and O–H groups in total. The fourth-order valence-corrected chi connectivity index (χ4v) is 2.13. The van der Waals surface area contributed by atoms with Gasteiger partial charge in [0.2, 0.25) is 5.91 Å². The van der Waals surface area contributed by atoms with Gasteiger partial charge in [-0.1, -0.05) is 17.7 Å². The Morgan fingerprint density at radius 3 is 2.71 bits per heavy atom. The fraction of sp³-hybridized carbons (Fsp3) is 0.273. The number of aromatic hydroxyl groups is 1. The average molecular weight is 256 g/mol. The fourth-order valence-electron chi connectivity index (χ4n) is 1.86. The first-order chi connectivity index (χ1) is 8.00. The van der Waals surface area contributed by atoms with Crippen molar-refractivity contribution in [1.29, 1.82) is 0 Å². The Morgan fingerprint density at radius 2 is 2.18 bits per heavy atom. The number of para-hydroxylation sites is 1. The molecule has 17 heavy (non-hydrogen) atoms. The number of amides is 1. The lowest BCUT2D eigenvalue weighted by Gasteiger charge is -2.18. The van der Waals surface area contributed by atoms with Gasteiger partial charge in [-0.3, -0.25) is 9.59 Å². The lowest BCUT2D eigenvalue weighted by atomic mass is 10.1. The average Bonchev–Trinajstić information content (AvgIpc) is 2.61. The molecule has 1 saturated heterocycles. The zero-order valence-electron chi connectivity index (χ0n) is 8.76. The number of phenolic OH excluding ortho intramolecular Hbond substituents is 1. The van der Waals surface area contributed by atoms with Crippen molar-refractivity contribution in [2.75, 3.05) is 11.4 Å². The third-order valence-electron chi connectivity index (χ3n) is 2.71. The first-order valence-corrected chi connectivity index (χ1v) is 5.39. The molecule has 0 spiro atoms. The third-order valence-corrected chi connectivity index (χ3v) is 3.01. The second-order valence-corrected chi connectivity index (χ2v) is 4.26. The van der Waals surface area contributed by atoms with Gasteiger partial charge in [0.15, 0.2) is 0 Å². The van der Waals surface area contributed by atoms with E-state index in [0.717, 1.165) is 0 Å². The number of carboxylic acids is 1. The number of hydrogen-bond donors (Lipinski definition) is 2. The van der Waals surface area contributed by atoms with Crippen LogP contribution in [-0.4, -0.2) is 28.6 Å². The van der Waals surface area contributed by atoms with E-state index in [9.17, 15) is 14.7 Å². The highest BCUT2D eigenvalue weighted by atomic mass is 35.5. The molecule has 1 atom stereocenters. The van der Waals surface area contributed by atoms with Crippen LogP contribution in [0.15, 0.2) is 18.2 Å². The summed E-state index contributed by atoms with van der Waals surface area (Å²) in [7, 11) is 0. The quantitative estimate of drug-likeness (QED) is 0.839. The van der Waals surface area contributed by atoms with Crippen molar-refractivity contribution in [3.63, 3.8) is 0 Å². The maximum Gasteiger partial charge on any atom is 0.308 e. The van der Waals surface area contributed by atoms with Crippen molar-refractivity contribution >= 4 is 29.2 Å². The van der Waals surface area contributed by atoms with Crippen LogP contribution >= 0.6 is 11.6 Å². The molecule has 1 fully saturated rings. The number of carboxylic acid groups (broad SMARTS) is 1. The van der Waals surface area contributed by atoms with E-state index in [4.69, 9.17) is 16.7 Å². The van der Waals surface area contributed by atoms with Gasteiger partial charge >= 0.3 is 5.97 Å². The summed E-state index contributed by atoms with van der Waals surface area (Å²) in [6.45, 7) is 0.0332. The molecule has 1 aromatic rings. The number of nitrogens with zero attached hydrogens (tertiary/aromatic N) is 1. The van der Waals surface area contributed by atoms with Crippen LogP contribution in [0.4, 0.5) is 5.69 Å². The Kier molecular flexibility index (Phi) is 2.93. The second kappa shape index (κ2) is 4.25. The predicted octanol–water partition coefficient (Wildman–Crippen LogP) is 1.48. The van der Waals surface area contributed by atoms with E-state index in [1.165, 1.54) is 17.0 Å². The maximum absolute atomic E-state index is 11.7. The molecular weight excluding hydrogens is 246 g/mol. The molecule has 2 rings (SSSR count). The molecule has 0 aromatic heterocycles. The van der Waals surface area contributed by atoms with E-state index in [2.05, 4.69) is 0 Å². The largest absolute Gasteiger partial charge is 0.506 e. The van der Waals surface area contributed by atoms with Crippen LogP contribution in [0.3, 0.4) is 0 Å². The molecule has 1 amide bonds. The Morgan fingerprint density at radius 1 is 1.47 bits per heavy atom. The number of anilines is 1. The van der Waals surface area contributed by atoms with Gasteiger partial charge in [-0.15, -0.1) is 0 Å². The maximum atomic E-state index is 11.7. The van der Waals surface area contributed by atoms with E-state index < -0.39 is 11.9 Å². The summed E-state index contributed by atoms with van der Waals surface area (Å²) < 4.78 is 0. The number of phenols is 1. The molecule has 90 valence electrons. The molecule has 0 aliphatic carbocycles. The van der Waals surface area contributed by atoms with Gasteiger partial charge in [0.1, 0.15) is 11.4 Å². The first kappa shape index (κ1) is 11.7. The van der Waals surface area contributed by atoms with Crippen LogP contribution in [0.5, 0.6) is 5.75 Å². The SMILES string of the molecule is O=C(O)C1CC(=O)N(c2c(O)cccc2Cl)C1. The van der Waals surface area contributed by atoms with Crippen LogP contribution in [0.2, 0.25) is 5.02 Å². The summed E-state index contributed by atoms with van der Waals surface area (Å²) >= 11 is 5.90. The Bertz CT molecular complexity index is 468. The zero-order valence-corrected chi connectivity index (χ0v) is 9.52. The minimum Gasteiger partial charge on any atom is -0.506 e. The molecule has 1 heterocycles. The standard InChI is InChI=1S/C11H10ClNO4/c12-7-2-1-3-8(14)10(7)13-5-6(11(16)17)4-9(13)15/h1-3,6,14H,4-5H2,(H,16,17). The third kappa shape index (κ3) is 2.06. The number of aliphatic carboxylic acids is 1. The topological polar surface area (TPSA) is 77.8 Å². The molecule has 0 radical (unpaired) electrons. The first-order valence-electron chi connectivity index (χ1n) is 5.01. The zero-order chi connectivity index (χ0) is 12.6. The van der Waals surface area contributed by atoms with Gasteiger partial charge in [-0.25, -0.2) is 0 Å². The molecule has 5 nitrogen and oxygen atoms in total. The summed E-state index contributed by atoms with van der Waals surface area (Å²) in [4.78, 5) is 23.7. The van der Waals surface area contributed by atoms with E-state index in [1.807, 2.05) is 0 Å². The van der Waals surface area contributed by atoms with Crippen molar-refractivity contribution in [2.24, 2.45) is 5.92 Å². The van der Waals surface area contributed by atoms with Gasteiger partial charge in [-0.2, -0.15) is 0 Å². The van der Waals surface area contributed by atoms with Gasteiger partial charge < -0.3 is 15.1 Å². The summed E-state index contributed by atoms with van der Waals surface area (Å²) in [5.74, 6) is -2.25. The minimum absolute atomic E-state index is 0.0332. The van der Waals surface area contributed by atoms with Gasteiger partial charge in [-0.05, 0) is 12.1 Å². The number of carbonyl (C=O) groups excluding carboxylic acids is 1. The highest BCUT2D eigenvalue weighted by Gasteiger charge is 2.36. The normalized spacial score (nSPS) is 19.7. The van der Waals surface area contributed by atoms with E-state index in [0.29, 0.717) is 0 Å². The van der Waals surface area contributed by atoms with Crippen LogP contribution in [0, 0.1) is 5.92 Å². The summed E-state index contributed by atoms with van der Waals surface area (Å²) in [5, 5.41) is 18.8. The van der Waals surface area contributed by atoms with Gasteiger partial charge in [0.25, 0.3) is 0 Å². The van der Waals surface area contributed by atoms with Crippen molar-refractivity contribution < 1.29 is 19.8 Å². The lowest BCUT2D eigenvalue weighted by molar-refractivity contribution is -0.141. The number of carbonyl (C=O) groups is 2. The number of halogens is 1. The lowest BCUT2D eigenvalue weighted by Crippen LogP contribution is -2.26. The molecule has 0 bridgehead atoms. The van der Waals surface area contributed by atoms with Crippen molar-refractivity contribution in [2.45, 2.75) is 6.42 Å². The van der Waals surface area contributed by atoms with Gasteiger partial charge in [0.05, 0.1) is 10.9 Å². The Labute approximate surface area is 102 Å². The van der Waals surface area contributed by atoms with Crippen LogP contribution in [0.25, 0.3) is 0 Å². The molecule has 1 unspecified atom stereocenters. The minimum atomic E-state index is -1.02. The number of rotatable bonds is 2. The van der Waals surface area contributed by atoms with Crippen molar-refractivity contribution in [1.82, 2.24) is 0 Å². The smallest absolute Gasteiger partial charge is 0.308 e. The highest BCUT2D eigenvalue weighted by molar-refractivity contribution is 6.34. The van der Waals surface area contributed by atoms with Crippen molar-refractivity contribution in [3.8, 4) is 5.75 Å². The number of hydrogen-bond acceptors (Lipinski definition) is 3. The molecule has 1 aromatic carbocycles. The van der Waals surface area contributed by atoms with E-state index in [-0.39, 0.29) is 35.3 Å². The summed E-state index contributed by atoms with van der Waals surface area (Å²) in [6, 6.07) is 4.50. The molecule has 0 saturated carbocycles. The Balaban J connectivity index is 2.35. The van der Waals surface area contributed by atoms with Crippen LogP contribution in [0.1, 0.15) is 6.42 Å².